The van der Waals surface area contributed by atoms with Crippen molar-refractivity contribution in [2.24, 2.45) is 0 Å². The highest BCUT2D eigenvalue weighted by atomic mass is 16.6. The van der Waals surface area contributed by atoms with Crippen molar-refractivity contribution in [1.29, 1.82) is 0 Å². The molecule has 0 fully saturated rings. The van der Waals surface area contributed by atoms with Gasteiger partial charge < -0.3 is 5.32 Å². The molecular formula is C16H16N2O3. The molecule has 0 atom stereocenters. The number of amides is 1. The molecule has 0 unspecified atom stereocenters. The van der Waals surface area contributed by atoms with Gasteiger partial charge in [0.05, 0.1) is 11.3 Å². The first-order valence-corrected chi connectivity index (χ1v) is 6.61. The lowest BCUT2D eigenvalue weighted by atomic mass is 10.1. The van der Waals surface area contributed by atoms with Crippen molar-refractivity contribution in [3.05, 3.63) is 75.3 Å². The first-order valence-electron chi connectivity index (χ1n) is 6.61. The summed E-state index contributed by atoms with van der Waals surface area (Å²) in [5.41, 5.74) is 2.55. The summed E-state index contributed by atoms with van der Waals surface area (Å²) in [5, 5.41) is 13.7. The van der Waals surface area contributed by atoms with E-state index in [9.17, 15) is 14.9 Å². The molecule has 1 amide bonds. The molecule has 2 aromatic carbocycles. The molecule has 21 heavy (non-hydrogen) atoms. The summed E-state index contributed by atoms with van der Waals surface area (Å²) >= 11 is 0. The molecule has 0 heterocycles. The van der Waals surface area contributed by atoms with Crippen LogP contribution in [0.15, 0.2) is 48.5 Å². The lowest BCUT2D eigenvalue weighted by molar-refractivity contribution is -0.385. The van der Waals surface area contributed by atoms with Crippen LogP contribution in [0.1, 0.15) is 16.7 Å². The van der Waals surface area contributed by atoms with Gasteiger partial charge in [0, 0.05) is 18.2 Å². The van der Waals surface area contributed by atoms with Crippen LogP contribution in [-0.4, -0.2) is 10.8 Å². The fraction of sp³-hybridized carbons (Fsp3) is 0.188. The van der Waals surface area contributed by atoms with E-state index in [-0.39, 0.29) is 18.0 Å². The minimum atomic E-state index is -0.470. The molecule has 1 N–H and O–H groups in total. The Hall–Kier alpha value is -2.69. The van der Waals surface area contributed by atoms with Crippen LogP contribution in [0.2, 0.25) is 0 Å². The lowest BCUT2D eigenvalue weighted by Gasteiger charge is -2.06. The third-order valence-corrected chi connectivity index (χ3v) is 3.15. The zero-order chi connectivity index (χ0) is 15.2. The number of hydrogen-bond acceptors (Lipinski definition) is 3. The second kappa shape index (κ2) is 6.65. The van der Waals surface area contributed by atoms with Gasteiger partial charge in [0.1, 0.15) is 0 Å². The highest BCUT2D eigenvalue weighted by molar-refractivity contribution is 5.79. The number of benzene rings is 2. The van der Waals surface area contributed by atoms with Crippen molar-refractivity contribution >= 4 is 11.6 Å². The zero-order valence-corrected chi connectivity index (χ0v) is 11.7. The van der Waals surface area contributed by atoms with Crippen LogP contribution in [0.5, 0.6) is 0 Å². The van der Waals surface area contributed by atoms with Gasteiger partial charge in [-0.25, -0.2) is 0 Å². The Morgan fingerprint density at radius 1 is 1.14 bits per heavy atom. The maximum Gasteiger partial charge on any atom is 0.273 e. The third-order valence-electron chi connectivity index (χ3n) is 3.15. The van der Waals surface area contributed by atoms with E-state index in [0.29, 0.717) is 12.1 Å². The number of carbonyl (C=O) groups is 1. The van der Waals surface area contributed by atoms with E-state index in [0.717, 1.165) is 11.1 Å². The zero-order valence-electron chi connectivity index (χ0n) is 11.7. The van der Waals surface area contributed by atoms with Gasteiger partial charge in [0.2, 0.25) is 5.91 Å². The van der Waals surface area contributed by atoms with Gasteiger partial charge in [-0.3, -0.25) is 14.9 Å². The van der Waals surface area contributed by atoms with Crippen molar-refractivity contribution in [3.63, 3.8) is 0 Å². The Kier molecular flexibility index (Phi) is 4.66. The van der Waals surface area contributed by atoms with Crippen LogP contribution < -0.4 is 5.32 Å². The molecule has 0 bridgehead atoms. The predicted octanol–water partition coefficient (Wildman–Crippen LogP) is 2.76. The number of nitrogens with one attached hydrogen (secondary N) is 1. The Bertz CT molecular complexity index is 651. The summed E-state index contributed by atoms with van der Waals surface area (Å²) in [6.07, 6.45) is 0.00299. The fourth-order valence-corrected chi connectivity index (χ4v) is 1.98. The maximum atomic E-state index is 11.9. The Labute approximate surface area is 122 Å². The minimum Gasteiger partial charge on any atom is -0.352 e. The van der Waals surface area contributed by atoms with E-state index in [2.05, 4.69) is 5.32 Å². The van der Waals surface area contributed by atoms with E-state index in [1.807, 2.05) is 31.2 Å². The standard InChI is InChI=1S/C16H16N2O3/c1-12-6-8-13(9-7-12)11-17-16(19)10-14-4-2-3-5-15(14)18(20)21/h2-9H,10-11H2,1H3,(H,17,19). The van der Waals surface area contributed by atoms with Crippen molar-refractivity contribution in [3.8, 4) is 0 Å². The molecule has 0 radical (unpaired) electrons. The van der Waals surface area contributed by atoms with Crippen LogP contribution in [0.3, 0.4) is 0 Å². The maximum absolute atomic E-state index is 11.9. The number of para-hydroxylation sites is 1. The first-order chi connectivity index (χ1) is 10.1. The van der Waals surface area contributed by atoms with E-state index < -0.39 is 4.92 Å². The third kappa shape index (κ3) is 4.14. The molecule has 5 nitrogen and oxygen atoms in total. The summed E-state index contributed by atoms with van der Waals surface area (Å²) in [4.78, 5) is 22.3. The van der Waals surface area contributed by atoms with Gasteiger partial charge in [0.15, 0.2) is 0 Å². The Balaban J connectivity index is 1.96. The van der Waals surface area contributed by atoms with Gasteiger partial charge in [-0.15, -0.1) is 0 Å². The molecule has 0 aromatic heterocycles. The number of hydrogen-bond donors (Lipinski definition) is 1. The Morgan fingerprint density at radius 3 is 2.48 bits per heavy atom. The monoisotopic (exact) mass is 284 g/mol. The molecule has 0 aliphatic heterocycles. The number of nitrogens with zero attached hydrogens (tertiary/aromatic N) is 1. The predicted molar refractivity (Wildman–Crippen MR) is 79.8 cm³/mol. The molecule has 108 valence electrons. The van der Waals surface area contributed by atoms with Gasteiger partial charge in [-0.05, 0) is 12.5 Å². The molecule has 2 aromatic rings. The minimum absolute atomic E-state index is 0.00299. The molecule has 0 saturated carbocycles. The normalized spacial score (nSPS) is 10.1. The summed E-state index contributed by atoms with van der Waals surface area (Å²) in [7, 11) is 0. The fourth-order valence-electron chi connectivity index (χ4n) is 1.98. The first kappa shape index (κ1) is 14.7. The lowest BCUT2D eigenvalue weighted by Crippen LogP contribution is -2.24. The number of aryl methyl sites for hydroxylation is 1. The molecule has 0 aliphatic carbocycles. The van der Waals surface area contributed by atoms with Gasteiger partial charge in [0.25, 0.3) is 5.69 Å². The quantitative estimate of drug-likeness (QED) is 0.677. The second-order valence-corrected chi connectivity index (χ2v) is 4.82. The van der Waals surface area contributed by atoms with Crippen molar-refractivity contribution in [2.45, 2.75) is 19.9 Å². The highest BCUT2D eigenvalue weighted by Crippen LogP contribution is 2.18. The SMILES string of the molecule is Cc1ccc(CNC(=O)Cc2ccccc2[N+](=O)[O-])cc1. The smallest absolute Gasteiger partial charge is 0.273 e. The molecular weight excluding hydrogens is 268 g/mol. The number of rotatable bonds is 5. The van der Waals surface area contributed by atoms with Crippen LogP contribution in [-0.2, 0) is 17.8 Å². The number of nitro benzene ring substituents is 1. The highest BCUT2D eigenvalue weighted by Gasteiger charge is 2.15. The number of nitro groups is 1. The summed E-state index contributed by atoms with van der Waals surface area (Å²) < 4.78 is 0. The van der Waals surface area contributed by atoms with Crippen molar-refractivity contribution in [1.82, 2.24) is 5.32 Å². The Morgan fingerprint density at radius 2 is 1.81 bits per heavy atom. The molecule has 5 heteroatoms. The molecule has 0 aliphatic rings. The van der Waals surface area contributed by atoms with E-state index in [1.165, 1.54) is 6.07 Å². The molecule has 0 spiro atoms. The summed E-state index contributed by atoms with van der Waals surface area (Å²) in [6, 6.07) is 14.1. The van der Waals surface area contributed by atoms with Crippen molar-refractivity contribution in [2.75, 3.05) is 0 Å². The van der Waals surface area contributed by atoms with Crippen LogP contribution in [0.25, 0.3) is 0 Å². The van der Waals surface area contributed by atoms with Crippen molar-refractivity contribution < 1.29 is 9.72 Å². The average molecular weight is 284 g/mol. The van der Waals surface area contributed by atoms with Crippen LogP contribution >= 0.6 is 0 Å². The van der Waals surface area contributed by atoms with Gasteiger partial charge >= 0.3 is 0 Å². The van der Waals surface area contributed by atoms with Crippen LogP contribution in [0.4, 0.5) is 5.69 Å². The summed E-state index contributed by atoms with van der Waals surface area (Å²) in [6.45, 7) is 2.41. The van der Waals surface area contributed by atoms with E-state index in [4.69, 9.17) is 0 Å². The molecule has 2 rings (SSSR count). The van der Waals surface area contributed by atoms with Gasteiger partial charge in [-0.1, -0.05) is 48.0 Å². The molecule has 0 saturated heterocycles. The average Bonchev–Trinajstić information content (AvgIpc) is 2.47. The van der Waals surface area contributed by atoms with E-state index in [1.54, 1.807) is 18.2 Å². The summed E-state index contributed by atoms with van der Waals surface area (Å²) in [5.74, 6) is -0.232. The topological polar surface area (TPSA) is 72.2 Å². The number of carbonyl (C=O) groups excluding carboxylic acids is 1. The second-order valence-electron chi connectivity index (χ2n) is 4.82. The largest absolute Gasteiger partial charge is 0.352 e. The van der Waals surface area contributed by atoms with E-state index >= 15 is 0 Å². The van der Waals surface area contributed by atoms with Gasteiger partial charge in [-0.2, -0.15) is 0 Å². The van der Waals surface area contributed by atoms with Crippen LogP contribution in [0, 0.1) is 17.0 Å².